The number of nitrogens with one attached hydrogen (secondary N) is 2. The van der Waals surface area contributed by atoms with Crippen molar-refractivity contribution in [1.82, 2.24) is 15.2 Å². The number of aromatic amines is 1. The van der Waals surface area contributed by atoms with Gasteiger partial charge >= 0.3 is 0 Å². The highest BCUT2D eigenvalue weighted by Crippen LogP contribution is 2.31. The smallest absolute Gasteiger partial charge is 0.228 e. The van der Waals surface area contributed by atoms with Gasteiger partial charge in [-0.3, -0.25) is 9.89 Å². The minimum absolute atomic E-state index is 0.0510. The number of hydrogen-bond donors (Lipinski definition) is 2. The van der Waals surface area contributed by atoms with Crippen molar-refractivity contribution >= 4 is 38.7 Å². The van der Waals surface area contributed by atoms with E-state index in [0.29, 0.717) is 11.5 Å². The standard InChI is InChI=1S/C11H11BrN4O/c1-5-8(12)4-7-9(13-5)15-16-10(7)14-11(17)6-2-3-6/h4,6H,2-3H2,1H3,(H2,13,14,15,16,17). The summed E-state index contributed by atoms with van der Waals surface area (Å²) >= 11 is 3.43. The normalized spacial score (nSPS) is 15.2. The highest BCUT2D eigenvalue weighted by Gasteiger charge is 2.30. The second-order valence-corrected chi connectivity index (χ2v) is 5.14. The summed E-state index contributed by atoms with van der Waals surface area (Å²) in [5.41, 5.74) is 1.58. The quantitative estimate of drug-likeness (QED) is 0.893. The Hall–Kier alpha value is -1.43. The Morgan fingerprint density at radius 2 is 2.35 bits per heavy atom. The molecule has 0 radical (unpaired) electrons. The average Bonchev–Trinajstić information content (AvgIpc) is 3.07. The number of anilines is 1. The molecule has 88 valence electrons. The fourth-order valence-electron chi connectivity index (χ4n) is 1.68. The molecule has 0 bridgehead atoms. The minimum atomic E-state index is 0.0510. The third kappa shape index (κ3) is 1.93. The monoisotopic (exact) mass is 294 g/mol. The van der Waals surface area contributed by atoms with E-state index in [2.05, 4.69) is 36.4 Å². The molecule has 1 fully saturated rings. The molecule has 0 aromatic carbocycles. The summed E-state index contributed by atoms with van der Waals surface area (Å²) in [5.74, 6) is 0.781. The van der Waals surface area contributed by atoms with Gasteiger partial charge in [-0.15, -0.1) is 0 Å². The lowest BCUT2D eigenvalue weighted by Crippen LogP contribution is -2.13. The second-order valence-electron chi connectivity index (χ2n) is 4.29. The number of carbonyl (C=O) groups is 1. The second kappa shape index (κ2) is 3.80. The number of aryl methyl sites for hydroxylation is 1. The van der Waals surface area contributed by atoms with Crippen molar-refractivity contribution in [2.24, 2.45) is 5.92 Å². The molecule has 2 aromatic rings. The number of nitrogens with zero attached hydrogens (tertiary/aromatic N) is 2. The maximum atomic E-state index is 11.7. The molecule has 0 atom stereocenters. The number of aromatic nitrogens is 3. The van der Waals surface area contributed by atoms with Crippen molar-refractivity contribution < 1.29 is 4.79 Å². The molecule has 0 aliphatic heterocycles. The molecule has 1 aliphatic rings. The van der Waals surface area contributed by atoms with Gasteiger partial charge in [-0.25, -0.2) is 4.98 Å². The van der Waals surface area contributed by atoms with Gasteiger partial charge in [-0.2, -0.15) is 5.10 Å². The summed E-state index contributed by atoms with van der Waals surface area (Å²) in [6.45, 7) is 1.91. The molecule has 5 nitrogen and oxygen atoms in total. The van der Waals surface area contributed by atoms with Crippen LogP contribution in [-0.4, -0.2) is 21.1 Å². The summed E-state index contributed by atoms with van der Waals surface area (Å²) in [6, 6.07) is 1.92. The third-order valence-electron chi connectivity index (χ3n) is 2.87. The number of amides is 1. The van der Waals surface area contributed by atoms with Crippen LogP contribution in [0.2, 0.25) is 0 Å². The van der Waals surface area contributed by atoms with Crippen LogP contribution in [0, 0.1) is 12.8 Å². The van der Waals surface area contributed by atoms with Crippen molar-refractivity contribution in [2.75, 3.05) is 5.32 Å². The number of H-pyrrole nitrogens is 1. The van der Waals surface area contributed by atoms with Crippen LogP contribution in [0.4, 0.5) is 5.82 Å². The number of hydrogen-bond acceptors (Lipinski definition) is 3. The molecule has 1 saturated carbocycles. The zero-order valence-corrected chi connectivity index (χ0v) is 10.8. The Bertz CT molecular complexity index is 603. The Morgan fingerprint density at radius 3 is 3.06 bits per heavy atom. The summed E-state index contributed by atoms with van der Waals surface area (Å²) in [6.07, 6.45) is 1.96. The van der Waals surface area contributed by atoms with E-state index >= 15 is 0 Å². The molecule has 2 heterocycles. The van der Waals surface area contributed by atoms with E-state index < -0.39 is 0 Å². The Kier molecular flexibility index (Phi) is 2.39. The molecular weight excluding hydrogens is 284 g/mol. The van der Waals surface area contributed by atoms with Crippen molar-refractivity contribution in [3.63, 3.8) is 0 Å². The fraction of sp³-hybridized carbons (Fsp3) is 0.364. The zero-order valence-electron chi connectivity index (χ0n) is 9.25. The highest BCUT2D eigenvalue weighted by molar-refractivity contribution is 9.10. The minimum Gasteiger partial charge on any atom is -0.308 e. The lowest BCUT2D eigenvalue weighted by atomic mass is 10.3. The van der Waals surface area contributed by atoms with E-state index in [-0.39, 0.29) is 11.8 Å². The van der Waals surface area contributed by atoms with E-state index in [0.717, 1.165) is 28.4 Å². The predicted molar refractivity (Wildman–Crippen MR) is 67.7 cm³/mol. The van der Waals surface area contributed by atoms with Crippen LogP contribution < -0.4 is 5.32 Å². The van der Waals surface area contributed by atoms with E-state index in [1.165, 1.54) is 0 Å². The number of halogens is 1. The molecule has 3 rings (SSSR count). The van der Waals surface area contributed by atoms with E-state index in [1.54, 1.807) is 0 Å². The van der Waals surface area contributed by atoms with Crippen LogP contribution in [0.1, 0.15) is 18.5 Å². The largest absolute Gasteiger partial charge is 0.308 e. The number of fused-ring (bicyclic) bond motifs is 1. The van der Waals surface area contributed by atoms with Gasteiger partial charge in [0.05, 0.1) is 11.1 Å². The van der Waals surface area contributed by atoms with Crippen LogP contribution in [0.15, 0.2) is 10.5 Å². The van der Waals surface area contributed by atoms with Gasteiger partial charge in [0.15, 0.2) is 11.5 Å². The molecular formula is C11H11BrN4O. The first-order valence-electron chi connectivity index (χ1n) is 5.47. The van der Waals surface area contributed by atoms with Gasteiger partial charge in [-0.05, 0) is 41.8 Å². The van der Waals surface area contributed by atoms with Gasteiger partial charge in [0, 0.05) is 10.4 Å². The maximum Gasteiger partial charge on any atom is 0.228 e. The molecule has 17 heavy (non-hydrogen) atoms. The number of pyridine rings is 1. The van der Waals surface area contributed by atoms with Crippen LogP contribution in [0.5, 0.6) is 0 Å². The molecule has 2 N–H and O–H groups in total. The van der Waals surface area contributed by atoms with E-state index in [1.807, 2.05) is 13.0 Å². The van der Waals surface area contributed by atoms with Gasteiger partial charge in [-0.1, -0.05) is 0 Å². The van der Waals surface area contributed by atoms with Crippen molar-refractivity contribution in [2.45, 2.75) is 19.8 Å². The maximum absolute atomic E-state index is 11.7. The molecule has 0 spiro atoms. The van der Waals surface area contributed by atoms with E-state index in [9.17, 15) is 4.79 Å². The Balaban J connectivity index is 1.99. The predicted octanol–water partition coefficient (Wildman–Crippen LogP) is 2.38. The summed E-state index contributed by atoms with van der Waals surface area (Å²) in [5, 5.41) is 10.6. The number of carbonyl (C=O) groups excluding carboxylic acids is 1. The van der Waals surface area contributed by atoms with Crippen LogP contribution in [-0.2, 0) is 4.79 Å². The van der Waals surface area contributed by atoms with Gasteiger partial charge in [0.2, 0.25) is 5.91 Å². The fourth-order valence-corrected chi connectivity index (χ4v) is 1.99. The van der Waals surface area contributed by atoms with Crippen molar-refractivity contribution in [3.8, 4) is 0 Å². The SMILES string of the molecule is Cc1nc2[nH]nc(NC(=O)C3CC3)c2cc1Br. The molecule has 6 heteroatoms. The lowest BCUT2D eigenvalue weighted by Gasteiger charge is -2.01. The molecule has 1 aliphatic carbocycles. The Morgan fingerprint density at radius 1 is 1.59 bits per heavy atom. The first-order valence-corrected chi connectivity index (χ1v) is 6.26. The summed E-state index contributed by atoms with van der Waals surface area (Å²) in [4.78, 5) is 16.0. The number of rotatable bonds is 2. The topological polar surface area (TPSA) is 70.7 Å². The van der Waals surface area contributed by atoms with Crippen molar-refractivity contribution in [3.05, 3.63) is 16.2 Å². The van der Waals surface area contributed by atoms with Gasteiger partial charge in [0.1, 0.15) is 0 Å². The van der Waals surface area contributed by atoms with E-state index in [4.69, 9.17) is 0 Å². The third-order valence-corrected chi connectivity index (χ3v) is 3.67. The summed E-state index contributed by atoms with van der Waals surface area (Å²) < 4.78 is 0.910. The molecule has 0 saturated heterocycles. The average molecular weight is 295 g/mol. The molecule has 1 amide bonds. The summed E-state index contributed by atoms with van der Waals surface area (Å²) in [7, 11) is 0. The van der Waals surface area contributed by atoms with Gasteiger partial charge in [0.25, 0.3) is 0 Å². The first-order chi connectivity index (χ1) is 8.15. The van der Waals surface area contributed by atoms with Crippen LogP contribution in [0.3, 0.4) is 0 Å². The van der Waals surface area contributed by atoms with Crippen LogP contribution >= 0.6 is 15.9 Å². The Labute approximate surface area is 106 Å². The van der Waals surface area contributed by atoms with Crippen molar-refractivity contribution in [1.29, 1.82) is 0 Å². The lowest BCUT2D eigenvalue weighted by molar-refractivity contribution is -0.117. The first kappa shape index (κ1) is 10.7. The zero-order chi connectivity index (χ0) is 12.0. The van der Waals surface area contributed by atoms with Gasteiger partial charge < -0.3 is 5.32 Å². The van der Waals surface area contributed by atoms with Crippen LogP contribution in [0.25, 0.3) is 11.0 Å². The highest BCUT2D eigenvalue weighted by atomic mass is 79.9. The molecule has 0 unspecified atom stereocenters. The molecule has 2 aromatic heterocycles.